The molecule has 2 N–H and O–H groups in total. The Kier molecular flexibility index (Phi) is 3.03. The second-order valence-electron chi connectivity index (χ2n) is 4.24. The Bertz CT molecular complexity index is 361. The van der Waals surface area contributed by atoms with Crippen molar-refractivity contribution in [2.45, 2.75) is 25.7 Å². The SMILES string of the molecule is O=C(O)C1(CNc2ccncn2)CCCC1. The van der Waals surface area contributed by atoms with Gasteiger partial charge in [0, 0.05) is 12.7 Å². The smallest absolute Gasteiger partial charge is 0.311 e. The third-order valence-electron chi connectivity index (χ3n) is 3.20. The van der Waals surface area contributed by atoms with E-state index < -0.39 is 11.4 Å². The maximum Gasteiger partial charge on any atom is 0.311 e. The number of carboxylic acid groups (broad SMARTS) is 1. The molecule has 1 heterocycles. The third-order valence-corrected chi connectivity index (χ3v) is 3.20. The van der Waals surface area contributed by atoms with Crippen molar-refractivity contribution in [2.75, 3.05) is 11.9 Å². The molecule has 5 nitrogen and oxygen atoms in total. The summed E-state index contributed by atoms with van der Waals surface area (Å²) in [5, 5.41) is 12.3. The van der Waals surface area contributed by atoms with Gasteiger partial charge in [-0.25, -0.2) is 9.97 Å². The summed E-state index contributed by atoms with van der Waals surface area (Å²) >= 11 is 0. The lowest BCUT2D eigenvalue weighted by Gasteiger charge is -2.24. The van der Waals surface area contributed by atoms with Crippen molar-refractivity contribution in [3.63, 3.8) is 0 Å². The highest BCUT2D eigenvalue weighted by Crippen LogP contribution is 2.38. The fourth-order valence-corrected chi connectivity index (χ4v) is 2.17. The number of nitrogens with one attached hydrogen (secondary N) is 1. The van der Waals surface area contributed by atoms with Gasteiger partial charge in [0.05, 0.1) is 5.41 Å². The second kappa shape index (κ2) is 4.47. The molecule has 0 saturated heterocycles. The van der Waals surface area contributed by atoms with Crippen LogP contribution < -0.4 is 5.32 Å². The van der Waals surface area contributed by atoms with Crippen LogP contribution in [0.2, 0.25) is 0 Å². The molecule has 1 fully saturated rings. The molecule has 0 amide bonds. The number of aliphatic carboxylic acids is 1. The van der Waals surface area contributed by atoms with Gasteiger partial charge >= 0.3 is 5.97 Å². The summed E-state index contributed by atoms with van der Waals surface area (Å²) in [6, 6.07) is 1.74. The summed E-state index contributed by atoms with van der Waals surface area (Å²) in [7, 11) is 0. The largest absolute Gasteiger partial charge is 0.481 e. The van der Waals surface area contributed by atoms with E-state index in [0.717, 1.165) is 25.7 Å². The average Bonchev–Trinajstić information content (AvgIpc) is 2.78. The Labute approximate surface area is 93.9 Å². The van der Waals surface area contributed by atoms with Crippen molar-refractivity contribution in [3.05, 3.63) is 18.6 Å². The Morgan fingerprint density at radius 2 is 2.25 bits per heavy atom. The van der Waals surface area contributed by atoms with Crippen molar-refractivity contribution in [3.8, 4) is 0 Å². The minimum atomic E-state index is -0.702. The Morgan fingerprint density at radius 3 is 2.81 bits per heavy atom. The van der Waals surface area contributed by atoms with Crippen LogP contribution in [0, 0.1) is 5.41 Å². The summed E-state index contributed by atoms with van der Waals surface area (Å²) in [6.07, 6.45) is 6.58. The van der Waals surface area contributed by atoms with Gasteiger partial charge in [-0.05, 0) is 18.9 Å². The van der Waals surface area contributed by atoms with E-state index in [4.69, 9.17) is 0 Å². The first-order chi connectivity index (χ1) is 7.73. The zero-order valence-corrected chi connectivity index (χ0v) is 9.02. The molecule has 1 aromatic rings. The van der Waals surface area contributed by atoms with Crippen molar-refractivity contribution in [2.24, 2.45) is 5.41 Å². The molecule has 2 rings (SSSR count). The molecule has 86 valence electrons. The number of anilines is 1. The number of nitrogens with zero attached hydrogens (tertiary/aromatic N) is 2. The Hall–Kier alpha value is -1.65. The van der Waals surface area contributed by atoms with Gasteiger partial charge in [0.25, 0.3) is 0 Å². The fraction of sp³-hybridized carbons (Fsp3) is 0.545. The quantitative estimate of drug-likeness (QED) is 0.806. The van der Waals surface area contributed by atoms with Gasteiger partial charge in [0.15, 0.2) is 0 Å². The molecule has 1 aliphatic rings. The molecular weight excluding hydrogens is 206 g/mol. The lowest BCUT2D eigenvalue weighted by Crippen LogP contribution is -2.35. The van der Waals surface area contributed by atoms with Crippen molar-refractivity contribution < 1.29 is 9.90 Å². The highest BCUT2D eigenvalue weighted by atomic mass is 16.4. The van der Waals surface area contributed by atoms with E-state index in [1.807, 2.05) is 0 Å². The van der Waals surface area contributed by atoms with E-state index in [2.05, 4.69) is 15.3 Å². The van der Waals surface area contributed by atoms with E-state index >= 15 is 0 Å². The van der Waals surface area contributed by atoms with Crippen LogP contribution in [0.3, 0.4) is 0 Å². The van der Waals surface area contributed by atoms with Gasteiger partial charge in [-0.15, -0.1) is 0 Å². The van der Waals surface area contributed by atoms with Gasteiger partial charge in [0.2, 0.25) is 0 Å². The number of carboxylic acids is 1. The first-order valence-corrected chi connectivity index (χ1v) is 5.46. The van der Waals surface area contributed by atoms with E-state index in [0.29, 0.717) is 12.4 Å². The fourth-order valence-electron chi connectivity index (χ4n) is 2.17. The van der Waals surface area contributed by atoms with Crippen molar-refractivity contribution in [1.29, 1.82) is 0 Å². The van der Waals surface area contributed by atoms with Crippen LogP contribution in [-0.2, 0) is 4.79 Å². The summed E-state index contributed by atoms with van der Waals surface area (Å²) in [4.78, 5) is 19.1. The van der Waals surface area contributed by atoms with Crippen LogP contribution >= 0.6 is 0 Å². The van der Waals surface area contributed by atoms with Gasteiger partial charge in [-0.2, -0.15) is 0 Å². The van der Waals surface area contributed by atoms with Crippen LogP contribution in [0.5, 0.6) is 0 Å². The first kappa shape index (κ1) is 10.9. The normalized spacial score (nSPS) is 18.2. The predicted molar refractivity (Wildman–Crippen MR) is 59.1 cm³/mol. The summed E-state index contributed by atoms with van der Waals surface area (Å²) in [5.41, 5.74) is -0.606. The average molecular weight is 221 g/mol. The summed E-state index contributed by atoms with van der Waals surface area (Å²) in [6.45, 7) is 0.444. The van der Waals surface area contributed by atoms with Gasteiger partial charge in [-0.3, -0.25) is 4.79 Å². The third kappa shape index (κ3) is 2.13. The standard InChI is InChI=1S/C11H15N3O2/c15-10(16)11(4-1-2-5-11)7-13-9-3-6-12-8-14-9/h3,6,8H,1-2,4-5,7H2,(H,15,16)(H,12,13,14). The number of aromatic nitrogens is 2. The second-order valence-corrected chi connectivity index (χ2v) is 4.24. The molecule has 0 aliphatic heterocycles. The van der Waals surface area contributed by atoms with E-state index in [1.165, 1.54) is 6.33 Å². The molecular formula is C11H15N3O2. The minimum absolute atomic E-state index is 0.444. The molecule has 0 radical (unpaired) electrons. The van der Waals surface area contributed by atoms with E-state index in [1.54, 1.807) is 12.3 Å². The van der Waals surface area contributed by atoms with Crippen molar-refractivity contribution in [1.82, 2.24) is 9.97 Å². The molecule has 1 aromatic heterocycles. The highest BCUT2D eigenvalue weighted by Gasteiger charge is 2.41. The molecule has 0 spiro atoms. The Morgan fingerprint density at radius 1 is 1.50 bits per heavy atom. The maximum atomic E-state index is 11.3. The summed E-state index contributed by atoms with van der Waals surface area (Å²) in [5.74, 6) is -0.0194. The van der Waals surface area contributed by atoms with Crippen LogP contribution in [0.15, 0.2) is 18.6 Å². The monoisotopic (exact) mass is 221 g/mol. The van der Waals surface area contributed by atoms with Gasteiger partial charge in [0.1, 0.15) is 12.1 Å². The Balaban J connectivity index is 2.00. The molecule has 0 atom stereocenters. The number of hydrogen-bond donors (Lipinski definition) is 2. The molecule has 0 aromatic carbocycles. The lowest BCUT2D eigenvalue weighted by molar-refractivity contribution is -0.147. The molecule has 1 saturated carbocycles. The zero-order valence-electron chi connectivity index (χ0n) is 9.02. The van der Waals surface area contributed by atoms with Crippen LogP contribution in [0.25, 0.3) is 0 Å². The van der Waals surface area contributed by atoms with Crippen molar-refractivity contribution >= 4 is 11.8 Å². The predicted octanol–water partition coefficient (Wildman–Crippen LogP) is 1.53. The van der Waals surface area contributed by atoms with E-state index in [-0.39, 0.29) is 0 Å². The topological polar surface area (TPSA) is 75.1 Å². The lowest BCUT2D eigenvalue weighted by atomic mass is 9.86. The first-order valence-electron chi connectivity index (χ1n) is 5.46. The number of rotatable bonds is 4. The van der Waals surface area contributed by atoms with Crippen LogP contribution in [0.4, 0.5) is 5.82 Å². The number of carbonyl (C=O) groups is 1. The maximum absolute atomic E-state index is 11.3. The van der Waals surface area contributed by atoms with Crippen LogP contribution in [-0.4, -0.2) is 27.6 Å². The minimum Gasteiger partial charge on any atom is -0.481 e. The zero-order chi connectivity index (χ0) is 11.4. The van der Waals surface area contributed by atoms with Gasteiger partial charge < -0.3 is 10.4 Å². The molecule has 1 aliphatic carbocycles. The molecule has 0 bridgehead atoms. The van der Waals surface area contributed by atoms with E-state index in [9.17, 15) is 9.90 Å². The van der Waals surface area contributed by atoms with Gasteiger partial charge in [-0.1, -0.05) is 12.8 Å². The number of hydrogen-bond acceptors (Lipinski definition) is 4. The molecule has 16 heavy (non-hydrogen) atoms. The van der Waals surface area contributed by atoms with Crippen LogP contribution in [0.1, 0.15) is 25.7 Å². The molecule has 5 heteroatoms. The molecule has 0 unspecified atom stereocenters. The summed E-state index contributed by atoms with van der Waals surface area (Å²) < 4.78 is 0. The highest BCUT2D eigenvalue weighted by molar-refractivity contribution is 5.75.